The third kappa shape index (κ3) is 2.06. The van der Waals surface area contributed by atoms with E-state index in [0.29, 0.717) is 0 Å². The Hall–Kier alpha value is -1.61. The molecule has 1 aromatic heterocycles. The molecule has 1 heterocycles. The van der Waals surface area contributed by atoms with Gasteiger partial charge in [-0.1, -0.05) is 30.7 Å². The molecule has 1 aromatic carbocycles. The van der Waals surface area contributed by atoms with Gasteiger partial charge in [0.1, 0.15) is 0 Å². The monoisotopic (exact) mass is 241 g/mol. The number of aromatic nitrogens is 2. The van der Waals surface area contributed by atoms with E-state index < -0.39 is 0 Å². The van der Waals surface area contributed by atoms with E-state index in [2.05, 4.69) is 29.2 Å². The molecular weight excluding hydrogens is 222 g/mol. The minimum atomic E-state index is -0.119. The first kappa shape index (κ1) is 11.5. The maximum Gasteiger partial charge on any atom is 0.0947 e. The molecule has 3 rings (SSSR count). The number of nitrogens with zero attached hydrogens (tertiary/aromatic N) is 2. The second-order valence-corrected chi connectivity index (χ2v) is 5.24. The van der Waals surface area contributed by atoms with Crippen LogP contribution in [0.25, 0.3) is 0 Å². The summed E-state index contributed by atoms with van der Waals surface area (Å²) < 4.78 is 1.94. The first-order chi connectivity index (χ1) is 8.74. The van der Waals surface area contributed by atoms with Gasteiger partial charge in [-0.25, -0.2) is 4.98 Å². The van der Waals surface area contributed by atoms with Crippen molar-refractivity contribution in [3.63, 3.8) is 0 Å². The minimum Gasteiger partial charge on any atom is -0.340 e. The van der Waals surface area contributed by atoms with E-state index in [1.807, 2.05) is 17.8 Å². The highest BCUT2D eigenvalue weighted by Crippen LogP contribution is 2.37. The van der Waals surface area contributed by atoms with Crippen molar-refractivity contribution in [2.24, 2.45) is 12.8 Å². The van der Waals surface area contributed by atoms with E-state index in [4.69, 9.17) is 5.73 Å². The molecular formula is C15H19N3. The second kappa shape index (κ2) is 4.58. The van der Waals surface area contributed by atoms with Crippen LogP contribution in [0.5, 0.6) is 0 Å². The molecule has 2 aromatic rings. The molecule has 0 aliphatic heterocycles. The Morgan fingerprint density at radius 3 is 2.83 bits per heavy atom. The number of hydrogen-bond acceptors (Lipinski definition) is 2. The molecule has 2 N–H and O–H groups in total. The number of benzene rings is 1. The van der Waals surface area contributed by atoms with E-state index >= 15 is 0 Å². The molecule has 0 saturated heterocycles. The van der Waals surface area contributed by atoms with Gasteiger partial charge in [0.25, 0.3) is 0 Å². The Balaban J connectivity index is 1.86. The Labute approximate surface area is 108 Å². The third-order valence-corrected chi connectivity index (χ3v) is 3.89. The van der Waals surface area contributed by atoms with Crippen LogP contribution in [0.2, 0.25) is 0 Å². The number of aryl methyl sites for hydroxylation is 1. The molecule has 1 aliphatic carbocycles. The fourth-order valence-electron chi connectivity index (χ4n) is 2.51. The topological polar surface area (TPSA) is 43.8 Å². The lowest BCUT2D eigenvalue weighted by atomic mass is 9.79. The van der Waals surface area contributed by atoms with Crippen molar-refractivity contribution in [2.75, 3.05) is 0 Å². The zero-order valence-electron chi connectivity index (χ0n) is 10.7. The van der Waals surface area contributed by atoms with E-state index in [0.717, 1.165) is 17.2 Å². The highest BCUT2D eigenvalue weighted by molar-refractivity contribution is 5.33. The van der Waals surface area contributed by atoms with Crippen molar-refractivity contribution in [3.05, 3.63) is 53.6 Å². The van der Waals surface area contributed by atoms with E-state index in [-0.39, 0.29) is 6.04 Å². The molecule has 1 fully saturated rings. The van der Waals surface area contributed by atoms with Gasteiger partial charge in [0.2, 0.25) is 0 Å². The SMILES string of the molecule is Cn1cnc(C(N)c2cccc(C3CCC3)c2)c1. The lowest BCUT2D eigenvalue weighted by molar-refractivity contribution is 0.419. The van der Waals surface area contributed by atoms with Crippen LogP contribution in [0.1, 0.15) is 48.0 Å². The molecule has 1 aliphatic rings. The van der Waals surface area contributed by atoms with E-state index in [1.54, 1.807) is 6.33 Å². The van der Waals surface area contributed by atoms with Crippen LogP contribution < -0.4 is 5.73 Å². The van der Waals surface area contributed by atoms with Crippen molar-refractivity contribution in [1.29, 1.82) is 0 Å². The minimum absolute atomic E-state index is 0.119. The second-order valence-electron chi connectivity index (χ2n) is 5.24. The summed E-state index contributed by atoms with van der Waals surface area (Å²) >= 11 is 0. The summed E-state index contributed by atoms with van der Waals surface area (Å²) in [7, 11) is 1.97. The average Bonchev–Trinajstić information content (AvgIpc) is 2.73. The fraction of sp³-hybridized carbons (Fsp3) is 0.400. The number of hydrogen-bond donors (Lipinski definition) is 1. The molecule has 0 radical (unpaired) electrons. The Morgan fingerprint density at radius 1 is 1.39 bits per heavy atom. The Morgan fingerprint density at radius 2 is 2.22 bits per heavy atom. The zero-order valence-corrected chi connectivity index (χ0v) is 10.7. The standard InChI is InChI=1S/C15H19N3/c1-18-9-14(17-10-18)15(16)13-7-3-6-12(8-13)11-4-2-5-11/h3,6-11,15H,2,4-5,16H2,1H3. The number of nitrogens with two attached hydrogens (primary N) is 1. The maximum absolute atomic E-state index is 6.28. The molecule has 1 saturated carbocycles. The van der Waals surface area contributed by atoms with Gasteiger partial charge in [-0.2, -0.15) is 0 Å². The fourth-order valence-corrected chi connectivity index (χ4v) is 2.51. The van der Waals surface area contributed by atoms with Crippen LogP contribution in [0.4, 0.5) is 0 Å². The number of rotatable bonds is 3. The summed E-state index contributed by atoms with van der Waals surface area (Å²) in [6.07, 6.45) is 7.79. The molecule has 3 heteroatoms. The first-order valence-corrected chi connectivity index (χ1v) is 6.57. The van der Waals surface area contributed by atoms with Crippen molar-refractivity contribution < 1.29 is 0 Å². The summed E-state index contributed by atoms with van der Waals surface area (Å²) in [6.45, 7) is 0. The number of imidazole rings is 1. The summed E-state index contributed by atoms with van der Waals surface area (Å²) in [5.74, 6) is 0.751. The van der Waals surface area contributed by atoms with Crippen LogP contribution in [0.3, 0.4) is 0 Å². The van der Waals surface area contributed by atoms with Crippen molar-refractivity contribution in [3.8, 4) is 0 Å². The predicted molar refractivity (Wildman–Crippen MR) is 72.3 cm³/mol. The smallest absolute Gasteiger partial charge is 0.0947 e. The highest BCUT2D eigenvalue weighted by atomic mass is 15.0. The molecule has 1 unspecified atom stereocenters. The summed E-state index contributed by atoms with van der Waals surface area (Å²) in [4.78, 5) is 4.34. The van der Waals surface area contributed by atoms with Crippen LogP contribution in [-0.2, 0) is 7.05 Å². The van der Waals surface area contributed by atoms with Crippen LogP contribution >= 0.6 is 0 Å². The van der Waals surface area contributed by atoms with Crippen LogP contribution in [-0.4, -0.2) is 9.55 Å². The normalized spacial score (nSPS) is 17.4. The third-order valence-electron chi connectivity index (χ3n) is 3.89. The van der Waals surface area contributed by atoms with Gasteiger partial charge in [-0.15, -0.1) is 0 Å². The first-order valence-electron chi connectivity index (χ1n) is 6.57. The van der Waals surface area contributed by atoms with E-state index in [1.165, 1.54) is 24.8 Å². The van der Waals surface area contributed by atoms with Gasteiger partial charge in [-0.3, -0.25) is 0 Å². The van der Waals surface area contributed by atoms with Crippen LogP contribution in [0, 0.1) is 0 Å². The average molecular weight is 241 g/mol. The molecule has 0 bridgehead atoms. The van der Waals surface area contributed by atoms with Crippen LogP contribution in [0.15, 0.2) is 36.8 Å². The van der Waals surface area contributed by atoms with Gasteiger partial charge >= 0.3 is 0 Å². The lowest BCUT2D eigenvalue weighted by Gasteiger charge is -2.26. The van der Waals surface area contributed by atoms with Gasteiger partial charge < -0.3 is 10.3 Å². The predicted octanol–water partition coefficient (Wildman–Crippen LogP) is 2.74. The summed E-state index contributed by atoms with van der Waals surface area (Å²) in [6, 6.07) is 8.57. The largest absolute Gasteiger partial charge is 0.340 e. The molecule has 18 heavy (non-hydrogen) atoms. The molecule has 0 amide bonds. The lowest BCUT2D eigenvalue weighted by Crippen LogP contribution is -2.14. The summed E-state index contributed by atoms with van der Waals surface area (Å²) in [5.41, 5.74) is 9.82. The quantitative estimate of drug-likeness (QED) is 0.898. The van der Waals surface area contributed by atoms with Gasteiger partial charge in [0.05, 0.1) is 18.1 Å². The summed E-state index contributed by atoms with van der Waals surface area (Å²) in [5, 5.41) is 0. The van der Waals surface area contributed by atoms with Crippen molar-refractivity contribution in [2.45, 2.75) is 31.2 Å². The highest BCUT2D eigenvalue weighted by Gasteiger charge is 2.20. The Bertz CT molecular complexity index is 540. The maximum atomic E-state index is 6.28. The van der Waals surface area contributed by atoms with Crippen molar-refractivity contribution >= 4 is 0 Å². The Kier molecular flexibility index (Phi) is 2.92. The van der Waals surface area contributed by atoms with Crippen molar-refractivity contribution in [1.82, 2.24) is 9.55 Å². The van der Waals surface area contributed by atoms with Gasteiger partial charge in [-0.05, 0) is 29.9 Å². The molecule has 1 atom stereocenters. The molecule has 94 valence electrons. The van der Waals surface area contributed by atoms with Gasteiger partial charge in [0.15, 0.2) is 0 Å². The molecule has 3 nitrogen and oxygen atoms in total. The zero-order chi connectivity index (χ0) is 12.5. The van der Waals surface area contributed by atoms with E-state index in [9.17, 15) is 0 Å². The molecule has 0 spiro atoms. The van der Waals surface area contributed by atoms with Gasteiger partial charge in [0, 0.05) is 13.2 Å².